The van der Waals surface area contributed by atoms with Gasteiger partial charge in [0.05, 0.1) is 5.02 Å². The molecule has 0 aliphatic heterocycles. The van der Waals surface area contributed by atoms with Crippen LogP contribution in [0.5, 0.6) is 0 Å². The fourth-order valence-corrected chi connectivity index (χ4v) is 3.96. The van der Waals surface area contributed by atoms with Gasteiger partial charge in [-0.05, 0) is 82.5 Å². The van der Waals surface area contributed by atoms with Gasteiger partial charge in [-0.3, -0.25) is 0 Å². The highest BCUT2D eigenvalue weighted by molar-refractivity contribution is 6.30. The topological polar surface area (TPSA) is 0 Å². The highest BCUT2D eigenvalue weighted by atomic mass is 35.5. The van der Waals surface area contributed by atoms with Gasteiger partial charge in [-0.25, -0.2) is 22.0 Å². The third kappa shape index (κ3) is 15.1. The molecule has 0 spiro atoms. The molecule has 0 aliphatic carbocycles. The Bertz CT molecular complexity index is 1130. The molecule has 0 saturated heterocycles. The molecule has 0 aromatic heterocycles. The maximum atomic E-state index is 13.1. The van der Waals surface area contributed by atoms with Crippen molar-refractivity contribution in [2.75, 3.05) is 0 Å². The molecular formula is C33H42ClF5. The lowest BCUT2D eigenvalue weighted by Gasteiger charge is -2.18. The van der Waals surface area contributed by atoms with Gasteiger partial charge in [0.15, 0.2) is 11.6 Å². The highest BCUT2D eigenvalue weighted by Gasteiger charge is 2.15. The third-order valence-corrected chi connectivity index (χ3v) is 5.46. The van der Waals surface area contributed by atoms with Gasteiger partial charge in [-0.2, -0.15) is 0 Å². The molecule has 0 fully saturated rings. The molecule has 0 nitrogen and oxygen atoms in total. The molecule has 0 radical (unpaired) electrons. The van der Waals surface area contributed by atoms with E-state index in [0.29, 0.717) is 12.0 Å². The van der Waals surface area contributed by atoms with Gasteiger partial charge in [0.25, 0.3) is 0 Å². The monoisotopic (exact) mass is 568 g/mol. The maximum Gasteiger partial charge on any atom is 0.159 e. The van der Waals surface area contributed by atoms with Gasteiger partial charge in [0, 0.05) is 6.07 Å². The Kier molecular flexibility index (Phi) is 12.7. The first-order chi connectivity index (χ1) is 17.6. The van der Waals surface area contributed by atoms with Crippen LogP contribution in [0.2, 0.25) is 5.02 Å². The standard InChI is InChI=1S/C11H14ClF.2C11H14F2/c1-11(2,3)7-8-4-5-10(13)9(12)6-8;1-11(2,3)7-8-4-5-9(12)6-10(8)13;1-11(2,3)7-8-4-5-9(12)10(13)6-8/h3*4-6H,7H2,1-3H3. The summed E-state index contributed by atoms with van der Waals surface area (Å²) in [7, 11) is 0. The number of hydrogen-bond donors (Lipinski definition) is 0. The minimum atomic E-state index is -0.780. The Hall–Kier alpha value is -2.40. The van der Waals surface area contributed by atoms with Crippen molar-refractivity contribution in [2.24, 2.45) is 16.2 Å². The molecule has 0 atom stereocenters. The molecule has 3 rings (SSSR count). The van der Waals surface area contributed by atoms with Crippen LogP contribution in [-0.2, 0) is 19.3 Å². The number of rotatable bonds is 3. The van der Waals surface area contributed by atoms with E-state index < -0.39 is 23.3 Å². The molecule has 0 bridgehead atoms. The van der Waals surface area contributed by atoms with Gasteiger partial charge in [0.2, 0.25) is 0 Å². The highest BCUT2D eigenvalue weighted by Crippen LogP contribution is 2.25. The zero-order chi connectivity index (χ0) is 30.2. The Morgan fingerprint density at radius 1 is 0.487 bits per heavy atom. The summed E-state index contributed by atoms with van der Waals surface area (Å²) in [4.78, 5) is 0. The molecule has 216 valence electrons. The van der Waals surface area contributed by atoms with Crippen LogP contribution < -0.4 is 0 Å². The van der Waals surface area contributed by atoms with Crippen LogP contribution in [0.4, 0.5) is 22.0 Å². The summed E-state index contributed by atoms with van der Waals surface area (Å²) in [6, 6.07) is 12.7. The lowest BCUT2D eigenvalue weighted by molar-refractivity contribution is 0.401. The van der Waals surface area contributed by atoms with Gasteiger partial charge >= 0.3 is 0 Å². The van der Waals surface area contributed by atoms with Gasteiger partial charge in [-0.1, -0.05) is 92.1 Å². The van der Waals surface area contributed by atoms with E-state index >= 15 is 0 Å². The van der Waals surface area contributed by atoms with Crippen LogP contribution >= 0.6 is 11.6 Å². The first-order valence-electron chi connectivity index (χ1n) is 13.0. The van der Waals surface area contributed by atoms with Crippen LogP contribution in [0.25, 0.3) is 0 Å². The van der Waals surface area contributed by atoms with E-state index in [4.69, 9.17) is 11.6 Å². The molecule has 0 aliphatic rings. The summed E-state index contributed by atoms with van der Waals surface area (Å²) in [6.45, 7) is 18.7. The molecule has 3 aromatic rings. The summed E-state index contributed by atoms with van der Waals surface area (Å²) in [6.07, 6.45) is 2.29. The fraction of sp³-hybridized carbons (Fsp3) is 0.455. The summed E-state index contributed by atoms with van der Waals surface area (Å²) < 4.78 is 63.8. The van der Waals surface area contributed by atoms with Crippen molar-refractivity contribution >= 4 is 11.6 Å². The second kappa shape index (κ2) is 14.3. The summed E-state index contributed by atoms with van der Waals surface area (Å²) >= 11 is 5.67. The van der Waals surface area contributed by atoms with E-state index in [0.717, 1.165) is 30.0 Å². The van der Waals surface area contributed by atoms with Crippen molar-refractivity contribution in [3.8, 4) is 0 Å². The third-order valence-electron chi connectivity index (χ3n) is 5.17. The van der Waals surface area contributed by atoms with E-state index in [1.165, 1.54) is 30.3 Å². The van der Waals surface area contributed by atoms with E-state index in [9.17, 15) is 22.0 Å². The molecule has 0 saturated carbocycles. The minimum absolute atomic E-state index is 0.0265. The van der Waals surface area contributed by atoms with Crippen molar-refractivity contribution in [1.82, 2.24) is 0 Å². The Morgan fingerprint density at radius 2 is 0.949 bits per heavy atom. The summed E-state index contributed by atoms with van der Waals surface area (Å²) in [5.41, 5.74) is 2.84. The van der Waals surface area contributed by atoms with Crippen molar-refractivity contribution in [2.45, 2.75) is 81.6 Å². The molecule has 0 amide bonds. The van der Waals surface area contributed by atoms with Gasteiger partial charge in [0.1, 0.15) is 17.5 Å². The van der Waals surface area contributed by atoms with Crippen molar-refractivity contribution in [3.63, 3.8) is 0 Å². The van der Waals surface area contributed by atoms with Crippen molar-refractivity contribution in [3.05, 3.63) is 105 Å². The van der Waals surface area contributed by atoms with Crippen molar-refractivity contribution < 1.29 is 22.0 Å². The average molecular weight is 569 g/mol. The predicted octanol–water partition coefficient (Wildman–Crippen LogP) is 11.2. The van der Waals surface area contributed by atoms with Gasteiger partial charge in [-0.15, -0.1) is 0 Å². The first kappa shape index (κ1) is 34.6. The molecule has 0 heterocycles. The van der Waals surface area contributed by atoms with E-state index in [1.807, 2.05) is 20.8 Å². The maximum absolute atomic E-state index is 13.1. The SMILES string of the molecule is CC(C)(C)Cc1ccc(F)c(Cl)c1.CC(C)(C)Cc1ccc(F)c(F)c1.CC(C)(C)Cc1ccc(F)cc1F. The Labute approximate surface area is 236 Å². The zero-order valence-corrected chi connectivity index (χ0v) is 25.3. The Balaban J connectivity index is 0.000000292. The predicted molar refractivity (Wildman–Crippen MR) is 154 cm³/mol. The van der Waals surface area contributed by atoms with Crippen LogP contribution in [0, 0.1) is 45.3 Å². The average Bonchev–Trinajstić information content (AvgIpc) is 2.74. The van der Waals surface area contributed by atoms with E-state index in [1.54, 1.807) is 18.2 Å². The quantitative estimate of drug-likeness (QED) is 0.276. The summed E-state index contributed by atoms with van der Waals surface area (Å²) in [5, 5.41) is 0.210. The molecule has 0 N–H and O–H groups in total. The molecule has 39 heavy (non-hydrogen) atoms. The lowest BCUT2D eigenvalue weighted by Crippen LogP contribution is -2.10. The van der Waals surface area contributed by atoms with Crippen LogP contribution in [0.3, 0.4) is 0 Å². The van der Waals surface area contributed by atoms with Crippen molar-refractivity contribution in [1.29, 1.82) is 0 Å². The van der Waals surface area contributed by atoms with E-state index in [2.05, 4.69) is 41.5 Å². The van der Waals surface area contributed by atoms with Crippen LogP contribution in [0.15, 0.2) is 54.6 Å². The van der Waals surface area contributed by atoms with E-state index in [-0.39, 0.29) is 27.1 Å². The van der Waals surface area contributed by atoms with Crippen LogP contribution in [-0.4, -0.2) is 0 Å². The first-order valence-corrected chi connectivity index (χ1v) is 13.3. The second-order valence-corrected chi connectivity index (χ2v) is 13.9. The molecular weight excluding hydrogens is 527 g/mol. The lowest BCUT2D eigenvalue weighted by atomic mass is 9.88. The largest absolute Gasteiger partial charge is 0.207 e. The summed E-state index contributed by atoms with van der Waals surface area (Å²) in [5.74, 6) is -2.86. The molecule has 6 heteroatoms. The number of benzene rings is 3. The normalized spacial score (nSPS) is 11.8. The minimum Gasteiger partial charge on any atom is -0.207 e. The van der Waals surface area contributed by atoms with Crippen LogP contribution in [0.1, 0.15) is 79.0 Å². The molecule has 0 unspecified atom stereocenters. The fourth-order valence-electron chi connectivity index (χ4n) is 3.76. The van der Waals surface area contributed by atoms with Gasteiger partial charge < -0.3 is 0 Å². The number of hydrogen-bond acceptors (Lipinski definition) is 0. The molecule has 3 aromatic carbocycles. The Morgan fingerprint density at radius 3 is 1.36 bits per heavy atom. The number of halogens is 6. The smallest absolute Gasteiger partial charge is 0.159 e. The zero-order valence-electron chi connectivity index (χ0n) is 24.6. The second-order valence-electron chi connectivity index (χ2n) is 13.4.